The lowest BCUT2D eigenvalue weighted by molar-refractivity contribution is -0.131. The van der Waals surface area contributed by atoms with Gasteiger partial charge in [0.2, 0.25) is 0 Å². The van der Waals surface area contributed by atoms with E-state index in [4.69, 9.17) is 5.11 Å². The number of hydrogen-bond acceptors (Lipinski definition) is 3. The number of carboxylic acids is 1. The third kappa shape index (κ3) is 3.01. The average molecular weight is 240 g/mol. The molecule has 0 aliphatic rings. The third-order valence-electron chi connectivity index (χ3n) is 2.36. The van der Waals surface area contributed by atoms with Gasteiger partial charge in [-0.3, -0.25) is 9.97 Å². The second kappa shape index (κ2) is 5.23. The minimum absolute atomic E-state index is 0.734. The summed E-state index contributed by atoms with van der Waals surface area (Å²) in [6.07, 6.45) is 5.91. The Morgan fingerprint density at radius 1 is 1.33 bits per heavy atom. The Kier molecular flexibility index (Phi) is 3.48. The van der Waals surface area contributed by atoms with E-state index in [1.165, 1.54) is 6.08 Å². The van der Waals surface area contributed by atoms with Crippen LogP contribution < -0.4 is 0 Å². The Balaban J connectivity index is 2.35. The van der Waals surface area contributed by atoms with Gasteiger partial charge in [-0.25, -0.2) is 4.79 Å². The van der Waals surface area contributed by atoms with Crippen molar-refractivity contribution in [2.24, 2.45) is 0 Å². The van der Waals surface area contributed by atoms with E-state index < -0.39 is 5.97 Å². The van der Waals surface area contributed by atoms with Gasteiger partial charge < -0.3 is 5.11 Å². The number of aryl methyl sites for hydroxylation is 1. The monoisotopic (exact) mass is 240 g/mol. The summed E-state index contributed by atoms with van der Waals surface area (Å²) in [7, 11) is 0. The highest BCUT2D eigenvalue weighted by Crippen LogP contribution is 2.17. The fourth-order valence-corrected chi connectivity index (χ4v) is 1.56. The van der Waals surface area contributed by atoms with Crippen molar-refractivity contribution in [3.05, 3.63) is 54.0 Å². The van der Waals surface area contributed by atoms with Crippen LogP contribution in [0.1, 0.15) is 11.3 Å². The van der Waals surface area contributed by atoms with Gasteiger partial charge >= 0.3 is 5.97 Å². The number of hydrogen-bond donors (Lipinski definition) is 1. The van der Waals surface area contributed by atoms with E-state index in [1.807, 2.05) is 31.2 Å². The van der Waals surface area contributed by atoms with Crippen LogP contribution in [0, 0.1) is 6.92 Å². The van der Waals surface area contributed by atoms with Crippen LogP contribution in [0.25, 0.3) is 17.3 Å². The molecule has 0 amide bonds. The van der Waals surface area contributed by atoms with Crippen LogP contribution >= 0.6 is 0 Å². The molecule has 0 unspecified atom stereocenters. The Bertz CT molecular complexity index is 606. The molecule has 0 bridgehead atoms. The Morgan fingerprint density at radius 3 is 2.89 bits per heavy atom. The van der Waals surface area contributed by atoms with Crippen LogP contribution in [0.4, 0.5) is 0 Å². The summed E-state index contributed by atoms with van der Waals surface area (Å²) in [5.74, 6) is -0.978. The Morgan fingerprint density at radius 2 is 2.17 bits per heavy atom. The lowest BCUT2D eigenvalue weighted by Gasteiger charge is -2.02. The molecule has 0 aliphatic heterocycles. The number of aromatic nitrogens is 2. The topological polar surface area (TPSA) is 63.1 Å². The highest BCUT2D eigenvalue weighted by atomic mass is 16.4. The molecule has 2 heterocycles. The molecule has 0 spiro atoms. The maximum atomic E-state index is 10.5. The van der Waals surface area contributed by atoms with Crippen LogP contribution in [-0.4, -0.2) is 21.0 Å². The lowest BCUT2D eigenvalue weighted by atomic mass is 10.1. The highest BCUT2D eigenvalue weighted by molar-refractivity contribution is 5.85. The van der Waals surface area contributed by atoms with Crippen molar-refractivity contribution in [3.8, 4) is 11.3 Å². The quantitative estimate of drug-likeness (QED) is 0.837. The number of pyridine rings is 2. The summed E-state index contributed by atoms with van der Waals surface area (Å²) in [6, 6.07) is 7.60. The number of rotatable bonds is 3. The molecule has 0 atom stereocenters. The van der Waals surface area contributed by atoms with Crippen LogP contribution in [0.15, 0.2) is 42.7 Å². The molecule has 0 saturated heterocycles. The van der Waals surface area contributed by atoms with Crippen molar-refractivity contribution in [1.29, 1.82) is 0 Å². The number of nitrogens with zero attached hydrogens (tertiary/aromatic N) is 2. The normalized spacial score (nSPS) is 10.7. The standard InChI is InChI=1S/C14H12N2O2/c1-10-3-2-4-13(16-10)12-7-11(8-15-9-12)5-6-14(17)18/h2-9H,1H3,(H,17,18)/b6-5+. The summed E-state index contributed by atoms with van der Waals surface area (Å²) < 4.78 is 0. The maximum absolute atomic E-state index is 10.5. The van der Waals surface area contributed by atoms with E-state index in [2.05, 4.69) is 9.97 Å². The van der Waals surface area contributed by atoms with Gasteiger partial charge in [-0.1, -0.05) is 6.07 Å². The predicted octanol–water partition coefficient (Wildman–Crippen LogP) is 2.55. The second-order valence-electron chi connectivity index (χ2n) is 3.84. The summed E-state index contributed by atoms with van der Waals surface area (Å²) in [6.45, 7) is 1.92. The molecule has 4 nitrogen and oxygen atoms in total. The van der Waals surface area contributed by atoms with E-state index >= 15 is 0 Å². The molecule has 18 heavy (non-hydrogen) atoms. The summed E-state index contributed by atoms with van der Waals surface area (Å²) in [5.41, 5.74) is 3.36. The zero-order valence-electron chi connectivity index (χ0n) is 9.87. The zero-order valence-corrected chi connectivity index (χ0v) is 9.87. The van der Waals surface area contributed by atoms with Crippen molar-refractivity contribution in [2.75, 3.05) is 0 Å². The number of carbonyl (C=O) groups is 1. The van der Waals surface area contributed by atoms with E-state index in [-0.39, 0.29) is 0 Å². The molecule has 90 valence electrons. The van der Waals surface area contributed by atoms with Gasteiger partial charge in [0.25, 0.3) is 0 Å². The molecule has 0 aliphatic carbocycles. The molecule has 1 N–H and O–H groups in total. The predicted molar refractivity (Wildman–Crippen MR) is 68.9 cm³/mol. The van der Waals surface area contributed by atoms with Gasteiger partial charge in [-0.05, 0) is 36.8 Å². The first-order chi connectivity index (χ1) is 8.65. The first-order valence-electron chi connectivity index (χ1n) is 5.45. The first-order valence-corrected chi connectivity index (χ1v) is 5.45. The molecular formula is C14H12N2O2. The molecule has 0 fully saturated rings. The lowest BCUT2D eigenvalue weighted by Crippen LogP contribution is -1.89. The second-order valence-corrected chi connectivity index (χ2v) is 3.84. The van der Waals surface area contributed by atoms with Crippen molar-refractivity contribution in [2.45, 2.75) is 6.92 Å². The summed E-state index contributed by atoms with van der Waals surface area (Å²) in [4.78, 5) is 18.9. The van der Waals surface area contributed by atoms with Gasteiger partial charge in [-0.2, -0.15) is 0 Å². The third-order valence-corrected chi connectivity index (χ3v) is 2.36. The van der Waals surface area contributed by atoms with Gasteiger partial charge in [0, 0.05) is 29.7 Å². The molecule has 0 radical (unpaired) electrons. The van der Waals surface area contributed by atoms with Crippen LogP contribution in [0.2, 0.25) is 0 Å². The molecule has 2 aromatic rings. The Hall–Kier alpha value is -2.49. The van der Waals surface area contributed by atoms with Gasteiger partial charge in [-0.15, -0.1) is 0 Å². The minimum atomic E-state index is -0.978. The fourth-order valence-electron chi connectivity index (χ4n) is 1.56. The smallest absolute Gasteiger partial charge is 0.328 e. The van der Waals surface area contributed by atoms with Gasteiger partial charge in [0.15, 0.2) is 0 Å². The van der Waals surface area contributed by atoms with Gasteiger partial charge in [0.1, 0.15) is 0 Å². The Labute approximate surface area is 105 Å². The van der Waals surface area contributed by atoms with Crippen molar-refractivity contribution >= 4 is 12.0 Å². The maximum Gasteiger partial charge on any atom is 0.328 e. The van der Waals surface area contributed by atoms with Gasteiger partial charge in [0.05, 0.1) is 5.69 Å². The molecule has 4 heteroatoms. The molecule has 2 aromatic heterocycles. The van der Waals surface area contributed by atoms with Crippen molar-refractivity contribution in [3.63, 3.8) is 0 Å². The van der Waals surface area contributed by atoms with Crippen molar-refractivity contribution in [1.82, 2.24) is 9.97 Å². The van der Waals surface area contributed by atoms with Crippen LogP contribution in [0.5, 0.6) is 0 Å². The average Bonchev–Trinajstić information content (AvgIpc) is 2.37. The number of carboxylic acid groups (broad SMARTS) is 1. The van der Waals surface area contributed by atoms with E-state index in [1.54, 1.807) is 12.4 Å². The van der Waals surface area contributed by atoms with Crippen LogP contribution in [0.3, 0.4) is 0 Å². The largest absolute Gasteiger partial charge is 0.478 e. The number of aliphatic carboxylic acids is 1. The SMILES string of the molecule is Cc1cccc(-c2cncc(/C=C/C(=O)O)c2)n1. The highest BCUT2D eigenvalue weighted by Gasteiger charge is 2.00. The molecule has 0 saturated carbocycles. The van der Waals surface area contributed by atoms with Crippen LogP contribution in [-0.2, 0) is 4.79 Å². The first kappa shape index (κ1) is 12.0. The molecule has 0 aromatic carbocycles. The summed E-state index contributed by atoms with van der Waals surface area (Å²) >= 11 is 0. The van der Waals surface area contributed by atoms with Crippen molar-refractivity contribution < 1.29 is 9.90 Å². The minimum Gasteiger partial charge on any atom is -0.478 e. The molecular weight excluding hydrogens is 228 g/mol. The molecule has 2 rings (SSSR count). The van der Waals surface area contributed by atoms with E-state index in [0.29, 0.717) is 0 Å². The summed E-state index contributed by atoms with van der Waals surface area (Å²) in [5, 5.41) is 8.58. The van der Waals surface area contributed by atoms with E-state index in [0.717, 1.165) is 28.6 Å². The zero-order chi connectivity index (χ0) is 13.0. The van der Waals surface area contributed by atoms with E-state index in [9.17, 15) is 4.79 Å². The fraction of sp³-hybridized carbons (Fsp3) is 0.0714.